The van der Waals surface area contributed by atoms with Crippen LogP contribution < -0.4 is 0 Å². The van der Waals surface area contributed by atoms with Crippen molar-refractivity contribution in [3.8, 4) is 5.75 Å². The van der Waals surface area contributed by atoms with Crippen LogP contribution in [-0.4, -0.2) is 53.5 Å². The summed E-state index contributed by atoms with van der Waals surface area (Å²) in [4.78, 5) is 16.8. The van der Waals surface area contributed by atoms with Gasteiger partial charge in [-0.25, -0.2) is 0 Å². The zero-order valence-electron chi connectivity index (χ0n) is 11.7. The predicted molar refractivity (Wildman–Crippen MR) is 75.3 cm³/mol. The smallest absolute Gasteiger partial charge is 0.254 e. The minimum atomic E-state index is 0.0260. The number of carbonyl (C=O) groups is 1. The molecule has 0 spiro atoms. The number of nitrogens with zero attached hydrogens (tertiary/aromatic N) is 2. The van der Waals surface area contributed by atoms with Gasteiger partial charge in [0.2, 0.25) is 0 Å². The first-order chi connectivity index (χ1) is 9.11. The number of amides is 1. The predicted octanol–water partition coefficient (Wildman–Crippen LogP) is 1.95. The van der Waals surface area contributed by atoms with Crippen LogP contribution in [-0.2, 0) is 0 Å². The summed E-state index contributed by atoms with van der Waals surface area (Å²) >= 11 is 0. The molecule has 2 rings (SSSR count). The molecular formula is C15H22N2O2. The molecule has 1 aliphatic rings. The molecule has 4 heteroatoms. The zero-order valence-corrected chi connectivity index (χ0v) is 11.7. The molecule has 0 aromatic heterocycles. The highest BCUT2D eigenvalue weighted by atomic mass is 16.3. The van der Waals surface area contributed by atoms with Gasteiger partial charge in [0.1, 0.15) is 5.75 Å². The molecule has 0 aliphatic carbocycles. The van der Waals surface area contributed by atoms with E-state index in [2.05, 4.69) is 18.9 Å². The molecule has 1 heterocycles. The van der Waals surface area contributed by atoms with E-state index in [1.807, 2.05) is 4.90 Å². The van der Waals surface area contributed by atoms with Gasteiger partial charge >= 0.3 is 0 Å². The van der Waals surface area contributed by atoms with Crippen molar-refractivity contribution in [2.75, 3.05) is 26.7 Å². The molecule has 1 amide bonds. The van der Waals surface area contributed by atoms with Crippen molar-refractivity contribution in [1.29, 1.82) is 0 Å². The van der Waals surface area contributed by atoms with Crippen molar-refractivity contribution in [3.63, 3.8) is 0 Å². The molecule has 1 aliphatic heterocycles. The van der Waals surface area contributed by atoms with Gasteiger partial charge in [-0.2, -0.15) is 0 Å². The molecule has 1 saturated heterocycles. The number of aromatic hydroxyl groups is 1. The van der Waals surface area contributed by atoms with Crippen LogP contribution in [0.2, 0.25) is 0 Å². The molecule has 0 saturated carbocycles. The third kappa shape index (κ3) is 3.26. The van der Waals surface area contributed by atoms with Crippen molar-refractivity contribution >= 4 is 5.91 Å². The Hall–Kier alpha value is -1.55. The fourth-order valence-corrected chi connectivity index (χ4v) is 2.66. The number of carbonyl (C=O) groups excluding carboxylic acids is 1. The average Bonchev–Trinajstić information content (AvgIpc) is 2.59. The van der Waals surface area contributed by atoms with Gasteiger partial charge in [0.05, 0.1) is 0 Å². The number of rotatable bonds is 2. The lowest BCUT2D eigenvalue weighted by atomic mass is 10.1. The van der Waals surface area contributed by atoms with E-state index in [0.29, 0.717) is 5.56 Å². The van der Waals surface area contributed by atoms with Crippen LogP contribution in [0.25, 0.3) is 0 Å². The van der Waals surface area contributed by atoms with Crippen LogP contribution in [0.1, 0.15) is 30.1 Å². The van der Waals surface area contributed by atoms with Gasteiger partial charge in [-0.3, -0.25) is 4.79 Å². The van der Waals surface area contributed by atoms with E-state index in [4.69, 9.17) is 0 Å². The van der Waals surface area contributed by atoms with Crippen LogP contribution in [0.5, 0.6) is 5.75 Å². The third-order valence-corrected chi connectivity index (χ3v) is 3.73. The first kappa shape index (κ1) is 13.9. The molecule has 4 nitrogen and oxygen atoms in total. The Morgan fingerprint density at radius 3 is 2.89 bits per heavy atom. The Labute approximate surface area is 114 Å². The van der Waals surface area contributed by atoms with Gasteiger partial charge in [-0.05, 0) is 44.6 Å². The fourth-order valence-electron chi connectivity index (χ4n) is 2.66. The van der Waals surface area contributed by atoms with E-state index in [0.717, 1.165) is 32.5 Å². The van der Waals surface area contributed by atoms with Crippen molar-refractivity contribution in [2.24, 2.45) is 0 Å². The van der Waals surface area contributed by atoms with Crippen LogP contribution in [0.3, 0.4) is 0 Å². The zero-order chi connectivity index (χ0) is 13.8. The highest BCUT2D eigenvalue weighted by Gasteiger charge is 2.26. The highest BCUT2D eigenvalue weighted by molar-refractivity contribution is 5.94. The second-order valence-corrected chi connectivity index (χ2v) is 5.23. The number of likely N-dealkylation sites (N-methyl/N-ethyl adjacent to an activating group) is 1. The molecule has 1 unspecified atom stereocenters. The van der Waals surface area contributed by atoms with E-state index in [1.54, 1.807) is 24.3 Å². The average molecular weight is 262 g/mol. The lowest BCUT2D eigenvalue weighted by molar-refractivity contribution is 0.0675. The Morgan fingerprint density at radius 2 is 2.21 bits per heavy atom. The van der Waals surface area contributed by atoms with Crippen LogP contribution in [0, 0.1) is 0 Å². The van der Waals surface area contributed by atoms with Gasteiger partial charge < -0.3 is 14.9 Å². The minimum absolute atomic E-state index is 0.0260. The minimum Gasteiger partial charge on any atom is -0.508 e. The first-order valence-corrected chi connectivity index (χ1v) is 6.90. The van der Waals surface area contributed by atoms with Gasteiger partial charge in [-0.15, -0.1) is 0 Å². The number of benzene rings is 1. The van der Waals surface area contributed by atoms with E-state index >= 15 is 0 Å². The molecule has 1 N–H and O–H groups in total. The SMILES string of the molecule is CCC1CN(C)CCCN1C(=O)c1cccc(O)c1. The lowest BCUT2D eigenvalue weighted by Gasteiger charge is -2.30. The van der Waals surface area contributed by atoms with Crippen molar-refractivity contribution < 1.29 is 9.90 Å². The molecule has 19 heavy (non-hydrogen) atoms. The molecule has 1 aromatic carbocycles. The van der Waals surface area contributed by atoms with E-state index in [9.17, 15) is 9.90 Å². The summed E-state index contributed by atoms with van der Waals surface area (Å²) in [6.07, 6.45) is 1.95. The molecule has 0 radical (unpaired) electrons. The molecular weight excluding hydrogens is 240 g/mol. The maximum Gasteiger partial charge on any atom is 0.254 e. The molecule has 1 atom stereocenters. The molecule has 1 fully saturated rings. The summed E-state index contributed by atoms with van der Waals surface area (Å²) in [5.74, 6) is 0.170. The van der Waals surface area contributed by atoms with Gasteiger partial charge in [0.25, 0.3) is 5.91 Å². The van der Waals surface area contributed by atoms with E-state index < -0.39 is 0 Å². The summed E-state index contributed by atoms with van der Waals surface area (Å²) < 4.78 is 0. The van der Waals surface area contributed by atoms with E-state index in [-0.39, 0.29) is 17.7 Å². The van der Waals surface area contributed by atoms with Crippen molar-refractivity contribution in [1.82, 2.24) is 9.80 Å². The Morgan fingerprint density at radius 1 is 1.42 bits per heavy atom. The Kier molecular flexibility index (Phi) is 4.43. The fraction of sp³-hybridized carbons (Fsp3) is 0.533. The van der Waals surface area contributed by atoms with Gasteiger partial charge in [0.15, 0.2) is 0 Å². The molecule has 0 bridgehead atoms. The summed E-state index contributed by atoms with van der Waals surface area (Å²) in [6.45, 7) is 4.85. The first-order valence-electron chi connectivity index (χ1n) is 6.90. The largest absolute Gasteiger partial charge is 0.508 e. The van der Waals surface area contributed by atoms with E-state index in [1.165, 1.54) is 0 Å². The number of hydrogen-bond acceptors (Lipinski definition) is 3. The van der Waals surface area contributed by atoms with Crippen LogP contribution in [0.15, 0.2) is 24.3 Å². The van der Waals surface area contributed by atoms with Crippen molar-refractivity contribution in [2.45, 2.75) is 25.8 Å². The highest BCUT2D eigenvalue weighted by Crippen LogP contribution is 2.18. The van der Waals surface area contributed by atoms with Gasteiger partial charge in [0, 0.05) is 24.7 Å². The Bertz CT molecular complexity index is 448. The van der Waals surface area contributed by atoms with Gasteiger partial charge in [-0.1, -0.05) is 13.0 Å². The quantitative estimate of drug-likeness (QED) is 0.886. The number of phenols is 1. The van der Waals surface area contributed by atoms with Crippen LogP contribution >= 0.6 is 0 Å². The molecule has 104 valence electrons. The summed E-state index contributed by atoms with van der Waals surface area (Å²) in [6, 6.07) is 6.87. The topological polar surface area (TPSA) is 43.8 Å². The maximum absolute atomic E-state index is 12.6. The second kappa shape index (κ2) is 6.06. The normalized spacial score (nSPS) is 21.2. The van der Waals surface area contributed by atoms with Crippen molar-refractivity contribution in [3.05, 3.63) is 29.8 Å². The number of hydrogen-bond donors (Lipinski definition) is 1. The summed E-state index contributed by atoms with van der Waals surface area (Å²) in [7, 11) is 2.10. The summed E-state index contributed by atoms with van der Waals surface area (Å²) in [5, 5.41) is 9.50. The third-order valence-electron chi connectivity index (χ3n) is 3.73. The standard InChI is InChI=1S/C15H22N2O2/c1-3-13-11-16(2)8-5-9-17(13)15(19)12-6-4-7-14(18)10-12/h4,6-7,10,13,18H,3,5,8-9,11H2,1-2H3. The molecule has 1 aromatic rings. The monoisotopic (exact) mass is 262 g/mol. The summed E-state index contributed by atoms with van der Waals surface area (Å²) in [5.41, 5.74) is 0.572. The Balaban J connectivity index is 2.20. The number of phenolic OH excluding ortho intramolecular Hbond substituents is 1. The van der Waals surface area contributed by atoms with Crippen LogP contribution in [0.4, 0.5) is 0 Å². The lowest BCUT2D eigenvalue weighted by Crippen LogP contribution is -2.43. The maximum atomic E-state index is 12.6. The second-order valence-electron chi connectivity index (χ2n) is 5.23.